The standard InChI is InChI=1S/C22H28N6O7/c1-12(2)8-26(19-20(23)27(9-13(3)4)22(32)24-21(19)31)17(29)10-25-15-7-14(28(33)34)5-6-16(15)35-11-18(25)30/h5-7,12-13H,8-11,23H2,1-4H3,(H,24,31,32). The molecule has 0 saturated carbocycles. The molecule has 0 spiro atoms. The number of fused-ring (bicyclic) bond motifs is 1. The molecule has 0 bridgehead atoms. The van der Waals surface area contributed by atoms with E-state index in [1.54, 1.807) is 0 Å². The lowest BCUT2D eigenvalue weighted by Gasteiger charge is -2.32. The quantitative estimate of drug-likeness (QED) is 0.410. The van der Waals surface area contributed by atoms with Crippen LogP contribution in [-0.4, -0.2) is 46.0 Å². The van der Waals surface area contributed by atoms with Crippen LogP contribution in [0.5, 0.6) is 5.75 Å². The van der Waals surface area contributed by atoms with Gasteiger partial charge in [0.1, 0.15) is 18.1 Å². The van der Waals surface area contributed by atoms with E-state index in [2.05, 4.69) is 4.98 Å². The number of ether oxygens (including phenoxy) is 1. The minimum atomic E-state index is -0.828. The van der Waals surface area contributed by atoms with Crippen LogP contribution in [0.1, 0.15) is 27.7 Å². The summed E-state index contributed by atoms with van der Waals surface area (Å²) in [5, 5.41) is 11.2. The number of nitrogen functional groups attached to an aromatic ring is 1. The summed E-state index contributed by atoms with van der Waals surface area (Å²) in [5.41, 5.74) is 4.30. The summed E-state index contributed by atoms with van der Waals surface area (Å²) < 4.78 is 6.54. The zero-order valence-electron chi connectivity index (χ0n) is 19.9. The molecule has 0 fully saturated rings. The van der Waals surface area contributed by atoms with Crippen molar-refractivity contribution in [3.63, 3.8) is 0 Å². The second-order valence-corrected chi connectivity index (χ2v) is 9.07. The first-order valence-corrected chi connectivity index (χ1v) is 11.0. The number of hydrogen-bond acceptors (Lipinski definition) is 8. The summed E-state index contributed by atoms with van der Waals surface area (Å²) in [4.78, 5) is 66.3. The summed E-state index contributed by atoms with van der Waals surface area (Å²) in [6, 6.07) is 3.74. The first-order chi connectivity index (χ1) is 16.4. The molecular weight excluding hydrogens is 460 g/mol. The number of hydrogen-bond donors (Lipinski definition) is 2. The van der Waals surface area contributed by atoms with Crippen molar-refractivity contribution in [1.29, 1.82) is 0 Å². The third kappa shape index (κ3) is 5.34. The molecule has 0 unspecified atom stereocenters. The third-order valence-corrected chi connectivity index (χ3v) is 5.27. The van der Waals surface area contributed by atoms with Gasteiger partial charge in [-0.3, -0.25) is 38.9 Å². The Kier molecular flexibility index (Phi) is 7.27. The Morgan fingerprint density at radius 3 is 2.51 bits per heavy atom. The number of anilines is 3. The highest BCUT2D eigenvalue weighted by molar-refractivity contribution is 6.06. The molecule has 3 rings (SSSR count). The normalized spacial score (nSPS) is 13.1. The number of nitro groups is 1. The molecule has 13 heteroatoms. The van der Waals surface area contributed by atoms with Gasteiger partial charge in [0, 0.05) is 25.2 Å². The van der Waals surface area contributed by atoms with Gasteiger partial charge in [0.2, 0.25) is 5.91 Å². The first-order valence-electron chi connectivity index (χ1n) is 11.0. The van der Waals surface area contributed by atoms with Crippen molar-refractivity contribution in [1.82, 2.24) is 9.55 Å². The summed E-state index contributed by atoms with van der Waals surface area (Å²) >= 11 is 0. The number of carbonyl (C=O) groups excluding carboxylic acids is 2. The van der Waals surface area contributed by atoms with Gasteiger partial charge in [-0.2, -0.15) is 0 Å². The molecule has 2 aromatic rings. The van der Waals surface area contributed by atoms with Crippen LogP contribution in [0.4, 0.5) is 22.9 Å². The molecule has 13 nitrogen and oxygen atoms in total. The lowest BCUT2D eigenvalue weighted by molar-refractivity contribution is -0.384. The molecule has 2 amide bonds. The maximum atomic E-state index is 13.5. The van der Waals surface area contributed by atoms with Crippen molar-refractivity contribution in [2.75, 3.05) is 35.2 Å². The van der Waals surface area contributed by atoms with E-state index < -0.39 is 34.5 Å². The lowest BCUT2D eigenvalue weighted by Crippen LogP contribution is -2.49. The Morgan fingerprint density at radius 2 is 1.91 bits per heavy atom. The number of nitrogens with two attached hydrogens (primary N) is 1. The van der Waals surface area contributed by atoms with Gasteiger partial charge >= 0.3 is 5.69 Å². The highest BCUT2D eigenvalue weighted by Crippen LogP contribution is 2.35. The molecule has 0 aliphatic carbocycles. The largest absolute Gasteiger partial charge is 0.482 e. The molecule has 0 atom stereocenters. The fourth-order valence-corrected chi connectivity index (χ4v) is 3.77. The number of rotatable bonds is 8. The minimum Gasteiger partial charge on any atom is -0.482 e. The van der Waals surface area contributed by atoms with E-state index in [0.717, 1.165) is 15.9 Å². The maximum absolute atomic E-state index is 13.5. The number of aromatic amines is 1. The van der Waals surface area contributed by atoms with Gasteiger partial charge in [-0.05, 0) is 17.9 Å². The molecule has 1 aliphatic rings. The Hall–Kier alpha value is -4.16. The fourth-order valence-electron chi connectivity index (χ4n) is 3.77. The molecule has 0 radical (unpaired) electrons. The fraction of sp³-hybridized carbons (Fsp3) is 0.455. The Labute approximate surface area is 200 Å². The first kappa shape index (κ1) is 25.5. The van der Waals surface area contributed by atoms with Gasteiger partial charge in [-0.15, -0.1) is 0 Å². The lowest BCUT2D eigenvalue weighted by atomic mass is 10.1. The van der Waals surface area contributed by atoms with E-state index in [4.69, 9.17) is 10.5 Å². The van der Waals surface area contributed by atoms with Gasteiger partial charge in [0.15, 0.2) is 12.3 Å². The molecule has 35 heavy (non-hydrogen) atoms. The highest BCUT2D eigenvalue weighted by atomic mass is 16.6. The molecule has 188 valence electrons. The number of non-ortho nitro benzene ring substituents is 1. The van der Waals surface area contributed by atoms with Crippen LogP contribution < -0.4 is 31.5 Å². The number of H-pyrrole nitrogens is 1. The van der Waals surface area contributed by atoms with Crippen molar-refractivity contribution in [3.8, 4) is 5.75 Å². The van der Waals surface area contributed by atoms with Crippen LogP contribution in [0, 0.1) is 22.0 Å². The summed E-state index contributed by atoms with van der Waals surface area (Å²) in [6.07, 6.45) is 0. The minimum absolute atomic E-state index is 0.0290. The van der Waals surface area contributed by atoms with Crippen LogP contribution in [0.15, 0.2) is 27.8 Å². The van der Waals surface area contributed by atoms with Crippen molar-refractivity contribution < 1.29 is 19.2 Å². The molecule has 1 aromatic heterocycles. The molecule has 3 N–H and O–H groups in total. The summed E-state index contributed by atoms with van der Waals surface area (Å²) in [6.45, 7) is 6.81. The van der Waals surface area contributed by atoms with Crippen LogP contribution in [0.3, 0.4) is 0 Å². The van der Waals surface area contributed by atoms with E-state index in [1.165, 1.54) is 16.7 Å². The van der Waals surface area contributed by atoms with Gasteiger partial charge in [-0.25, -0.2) is 4.79 Å². The maximum Gasteiger partial charge on any atom is 0.330 e. The number of nitrogens with zero attached hydrogens (tertiary/aromatic N) is 4. The van der Waals surface area contributed by atoms with Gasteiger partial charge in [-0.1, -0.05) is 27.7 Å². The number of nitro benzene ring substituents is 1. The smallest absolute Gasteiger partial charge is 0.330 e. The average molecular weight is 489 g/mol. The SMILES string of the molecule is CC(C)CN(C(=O)CN1C(=O)COc2ccc([N+](=O)[O-])cc21)c1c(N)n(CC(C)C)c(=O)[nH]c1=O. The monoisotopic (exact) mass is 488 g/mol. The Bertz CT molecular complexity index is 1280. The number of benzene rings is 1. The van der Waals surface area contributed by atoms with E-state index >= 15 is 0 Å². The highest BCUT2D eigenvalue weighted by Gasteiger charge is 2.32. The molecule has 0 saturated heterocycles. The zero-order chi connectivity index (χ0) is 26.0. The van der Waals surface area contributed by atoms with Gasteiger partial charge in [0.05, 0.1) is 10.6 Å². The van der Waals surface area contributed by atoms with E-state index in [0.29, 0.717) is 0 Å². The summed E-state index contributed by atoms with van der Waals surface area (Å²) in [5.74, 6) is -1.26. The second kappa shape index (κ2) is 9.99. The van der Waals surface area contributed by atoms with Crippen molar-refractivity contribution >= 4 is 34.7 Å². The van der Waals surface area contributed by atoms with Gasteiger partial charge in [0.25, 0.3) is 17.2 Å². The number of aromatic nitrogens is 2. The number of carbonyl (C=O) groups is 2. The molecular formula is C22H28N6O7. The topological polar surface area (TPSA) is 174 Å². The second-order valence-electron chi connectivity index (χ2n) is 9.07. The molecule has 1 aromatic carbocycles. The van der Waals surface area contributed by atoms with E-state index in [1.807, 2.05) is 27.7 Å². The van der Waals surface area contributed by atoms with Crippen LogP contribution in [0.25, 0.3) is 0 Å². The van der Waals surface area contributed by atoms with Crippen molar-refractivity contribution in [2.24, 2.45) is 11.8 Å². The predicted octanol–water partition coefficient (Wildman–Crippen LogP) is 1.10. The number of amides is 2. The zero-order valence-corrected chi connectivity index (χ0v) is 19.9. The third-order valence-electron chi connectivity index (χ3n) is 5.27. The average Bonchev–Trinajstić information content (AvgIpc) is 2.76. The Morgan fingerprint density at radius 1 is 1.23 bits per heavy atom. The van der Waals surface area contributed by atoms with E-state index in [-0.39, 0.29) is 60.2 Å². The van der Waals surface area contributed by atoms with Crippen LogP contribution in [-0.2, 0) is 16.1 Å². The molecule has 1 aliphatic heterocycles. The number of nitrogens with one attached hydrogen (secondary N) is 1. The predicted molar refractivity (Wildman–Crippen MR) is 129 cm³/mol. The molecule has 2 heterocycles. The summed E-state index contributed by atoms with van der Waals surface area (Å²) in [7, 11) is 0. The van der Waals surface area contributed by atoms with Crippen LogP contribution in [0.2, 0.25) is 0 Å². The van der Waals surface area contributed by atoms with Crippen molar-refractivity contribution in [3.05, 3.63) is 49.2 Å². The van der Waals surface area contributed by atoms with E-state index in [9.17, 15) is 29.3 Å². The van der Waals surface area contributed by atoms with Gasteiger partial charge < -0.3 is 15.4 Å². The Balaban J connectivity index is 2.06. The van der Waals surface area contributed by atoms with Crippen LogP contribution >= 0.6 is 0 Å². The van der Waals surface area contributed by atoms with Crippen molar-refractivity contribution in [2.45, 2.75) is 34.2 Å².